The molecule has 100 valence electrons. The first kappa shape index (κ1) is 13.6. The molecule has 0 saturated carbocycles. The number of aliphatic hydroxyl groups is 1. The SMILES string of the molecule is OCCc1ccc(NCCCc2ccccc2)cc1. The van der Waals surface area contributed by atoms with E-state index in [-0.39, 0.29) is 6.61 Å². The van der Waals surface area contributed by atoms with Crippen molar-refractivity contribution in [1.29, 1.82) is 0 Å². The fourth-order valence-electron chi connectivity index (χ4n) is 2.09. The summed E-state index contributed by atoms with van der Waals surface area (Å²) in [7, 11) is 0. The predicted molar refractivity (Wildman–Crippen MR) is 80.5 cm³/mol. The molecule has 0 radical (unpaired) electrons. The number of hydrogen-bond donors (Lipinski definition) is 2. The third-order valence-corrected chi connectivity index (χ3v) is 3.17. The molecule has 0 unspecified atom stereocenters. The number of nitrogens with one attached hydrogen (secondary N) is 1. The van der Waals surface area contributed by atoms with Crippen LogP contribution in [-0.2, 0) is 12.8 Å². The van der Waals surface area contributed by atoms with Crippen molar-refractivity contribution < 1.29 is 5.11 Å². The van der Waals surface area contributed by atoms with Crippen molar-refractivity contribution >= 4 is 5.69 Å². The molecule has 0 fully saturated rings. The highest BCUT2D eigenvalue weighted by molar-refractivity contribution is 5.44. The third-order valence-electron chi connectivity index (χ3n) is 3.17. The van der Waals surface area contributed by atoms with Crippen LogP contribution in [0.15, 0.2) is 54.6 Å². The van der Waals surface area contributed by atoms with Crippen LogP contribution in [0.4, 0.5) is 5.69 Å². The molecule has 2 heteroatoms. The number of benzene rings is 2. The highest BCUT2D eigenvalue weighted by atomic mass is 16.2. The van der Waals surface area contributed by atoms with Gasteiger partial charge in [-0.1, -0.05) is 42.5 Å². The number of anilines is 1. The average molecular weight is 255 g/mol. The summed E-state index contributed by atoms with van der Waals surface area (Å²) in [6, 6.07) is 18.8. The quantitative estimate of drug-likeness (QED) is 0.744. The first-order valence-electron chi connectivity index (χ1n) is 6.86. The van der Waals surface area contributed by atoms with Crippen molar-refractivity contribution in [3.05, 3.63) is 65.7 Å². The summed E-state index contributed by atoms with van der Waals surface area (Å²) in [5, 5.41) is 12.3. The second-order valence-electron chi connectivity index (χ2n) is 4.69. The molecule has 0 atom stereocenters. The molecule has 2 nitrogen and oxygen atoms in total. The van der Waals surface area contributed by atoms with Crippen LogP contribution in [0.1, 0.15) is 17.5 Å². The fraction of sp³-hybridized carbons (Fsp3) is 0.294. The third kappa shape index (κ3) is 4.76. The van der Waals surface area contributed by atoms with E-state index in [0.717, 1.165) is 31.5 Å². The second-order valence-corrected chi connectivity index (χ2v) is 4.69. The molecule has 0 bridgehead atoms. The van der Waals surface area contributed by atoms with E-state index in [1.54, 1.807) is 0 Å². The van der Waals surface area contributed by atoms with Gasteiger partial charge in [0.2, 0.25) is 0 Å². The first-order chi connectivity index (χ1) is 9.38. The highest BCUT2D eigenvalue weighted by Crippen LogP contribution is 2.10. The van der Waals surface area contributed by atoms with Gasteiger partial charge in [0.15, 0.2) is 0 Å². The van der Waals surface area contributed by atoms with Crippen LogP contribution in [0, 0.1) is 0 Å². The zero-order valence-corrected chi connectivity index (χ0v) is 11.2. The van der Waals surface area contributed by atoms with Crippen LogP contribution < -0.4 is 5.32 Å². The predicted octanol–water partition coefficient (Wildman–Crippen LogP) is 3.27. The van der Waals surface area contributed by atoms with Crippen molar-refractivity contribution in [3.8, 4) is 0 Å². The summed E-state index contributed by atoms with van der Waals surface area (Å²) in [5.74, 6) is 0. The van der Waals surface area contributed by atoms with Gasteiger partial charge in [-0.3, -0.25) is 0 Å². The summed E-state index contributed by atoms with van der Waals surface area (Å²) < 4.78 is 0. The standard InChI is InChI=1S/C17H21NO/c19-14-12-16-8-10-17(11-9-16)18-13-4-7-15-5-2-1-3-6-15/h1-3,5-6,8-11,18-19H,4,7,12-14H2. The van der Waals surface area contributed by atoms with Crippen LogP contribution in [0.5, 0.6) is 0 Å². The van der Waals surface area contributed by atoms with E-state index >= 15 is 0 Å². The Morgan fingerprint density at radius 1 is 0.789 bits per heavy atom. The smallest absolute Gasteiger partial charge is 0.0471 e. The molecule has 2 aromatic rings. The zero-order valence-electron chi connectivity index (χ0n) is 11.2. The Labute approximate surface area is 115 Å². The van der Waals surface area contributed by atoms with Crippen LogP contribution in [0.3, 0.4) is 0 Å². The molecule has 2 N–H and O–H groups in total. The molecule has 0 aromatic heterocycles. The van der Waals surface area contributed by atoms with Gasteiger partial charge in [-0.15, -0.1) is 0 Å². The summed E-state index contributed by atoms with van der Waals surface area (Å²) in [4.78, 5) is 0. The van der Waals surface area contributed by atoms with Crippen molar-refractivity contribution in [2.75, 3.05) is 18.5 Å². The lowest BCUT2D eigenvalue weighted by atomic mass is 10.1. The molecule has 2 aromatic carbocycles. The molecule has 0 heterocycles. The molecule has 0 amide bonds. The normalized spacial score (nSPS) is 10.4. The summed E-state index contributed by atoms with van der Waals surface area (Å²) in [6.07, 6.45) is 2.97. The Morgan fingerprint density at radius 3 is 2.16 bits per heavy atom. The Kier molecular flexibility index (Phi) is 5.45. The fourth-order valence-corrected chi connectivity index (χ4v) is 2.09. The molecular weight excluding hydrogens is 234 g/mol. The molecular formula is C17H21NO. The topological polar surface area (TPSA) is 32.3 Å². The van der Waals surface area contributed by atoms with Gasteiger partial charge in [-0.2, -0.15) is 0 Å². The number of hydrogen-bond acceptors (Lipinski definition) is 2. The van der Waals surface area contributed by atoms with Crippen molar-refractivity contribution in [2.24, 2.45) is 0 Å². The minimum absolute atomic E-state index is 0.212. The van der Waals surface area contributed by atoms with Gasteiger partial charge in [0.25, 0.3) is 0 Å². The van der Waals surface area contributed by atoms with Gasteiger partial charge >= 0.3 is 0 Å². The molecule has 0 aliphatic carbocycles. The number of aliphatic hydroxyl groups excluding tert-OH is 1. The molecule has 0 saturated heterocycles. The molecule has 0 aliphatic rings. The largest absolute Gasteiger partial charge is 0.396 e. The van der Waals surface area contributed by atoms with Crippen molar-refractivity contribution in [1.82, 2.24) is 0 Å². The maximum absolute atomic E-state index is 8.85. The van der Waals surface area contributed by atoms with Gasteiger partial charge in [0.05, 0.1) is 0 Å². The molecule has 0 aliphatic heterocycles. The Balaban J connectivity index is 1.70. The maximum atomic E-state index is 8.85. The molecule has 19 heavy (non-hydrogen) atoms. The Morgan fingerprint density at radius 2 is 1.47 bits per heavy atom. The van der Waals surface area contributed by atoms with E-state index in [0.29, 0.717) is 0 Å². The van der Waals surface area contributed by atoms with Crippen molar-refractivity contribution in [2.45, 2.75) is 19.3 Å². The molecule has 2 rings (SSSR count). The van der Waals surface area contributed by atoms with Gasteiger partial charge in [0, 0.05) is 18.8 Å². The van der Waals surface area contributed by atoms with Crippen LogP contribution in [-0.4, -0.2) is 18.3 Å². The lowest BCUT2D eigenvalue weighted by Crippen LogP contribution is -2.03. The van der Waals surface area contributed by atoms with Gasteiger partial charge < -0.3 is 10.4 Å². The lowest BCUT2D eigenvalue weighted by Gasteiger charge is -2.07. The van der Waals surface area contributed by atoms with Crippen LogP contribution in [0.25, 0.3) is 0 Å². The van der Waals surface area contributed by atoms with Gasteiger partial charge in [0.1, 0.15) is 0 Å². The first-order valence-corrected chi connectivity index (χ1v) is 6.86. The van der Waals surface area contributed by atoms with Gasteiger partial charge in [-0.25, -0.2) is 0 Å². The number of rotatable bonds is 7. The Hall–Kier alpha value is -1.80. The average Bonchev–Trinajstić information content (AvgIpc) is 2.47. The Bertz CT molecular complexity index is 464. The van der Waals surface area contributed by atoms with E-state index in [9.17, 15) is 0 Å². The maximum Gasteiger partial charge on any atom is 0.0471 e. The van der Waals surface area contributed by atoms with E-state index in [1.165, 1.54) is 11.1 Å². The number of aryl methyl sites for hydroxylation is 1. The van der Waals surface area contributed by atoms with E-state index in [1.807, 2.05) is 0 Å². The minimum atomic E-state index is 0.212. The summed E-state index contributed by atoms with van der Waals surface area (Å²) >= 11 is 0. The van der Waals surface area contributed by atoms with E-state index in [4.69, 9.17) is 5.11 Å². The van der Waals surface area contributed by atoms with E-state index < -0.39 is 0 Å². The minimum Gasteiger partial charge on any atom is -0.396 e. The van der Waals surface area contributed by atoms with Gasteiger partial charge in [-0.05, 0) is 42.5 Å². The summed E-state index contributed by atoms with van der Waals surface area (Å²) in [5.41, 5.74) is 3.72. The lowest BCUT2D eigenvalue weighted by molar-refractivity contribution is 0.299. The molecule has 0 spiro atoms. The second kappa shape index (κ2) is 7.59. The summed E-state index contributed by atoms with van der Waals surface area (Å²) in [6.45, 7) is 1.19. The van der Waals surface area contributed by atoms with Crippen LogP contribution >= 0.6 is 0 Å². The van der Waals surface area contributed by atoms with Crippen LogP contribution in [0.2, 0.25) is 0 Å². The van der Waals surface area contributed by atoms with E-state index in [2.05, 4.69) is 59.9 Å². The monoisotopic (exact) mass is 255 g/mol. The van der Waals surface area contributed by atoms with Crippen molar-refractivity contribution in [3.63, 3.8) is 0 Å². The zero-order chi connectivity index (χ0) is 13.3. The highest BCUT2D eigenvalue weighted by Gasteiger charge is 1.95.